The van der Waals surface area contributed by atoms with Crippen LogP contribution in [-0.2, 0) is 60.3 Å². The molecular weight excluding hydrogens is 460 g/mol. The van der Waals surface area contributed by atoms with Gasteiger partial charge >= 0.3 is 27.7 Å². The Kier molecular flexibility index (Phi) is 29.6. The van der Waals surface area contributed by atoms with Crippen molar-refractivity contribution in [2.24, 2.45) is 0 Å². The van der Waals surface area contributed by atoms with Crippen molar-refractivity contribution in [3.05, 3.63) is 0 Å². The number of rotatable bonds is 14. The molecule has 182 valence electrons. The summed E-state index contributed by atoms with van der Waals surface area (Å²) in [7, 11) is 0. The summed E-state index contributed by atoms with van der Waals surface area (Å²) in [6.45, 7) is 9.01. The molecule has 11 heteroatoms. The first kappa shape index (κ1) is 37.4. The molecule has 10 nitrogen and oxygen atoms in total. The van der Waals surface area contributed by atoms with Crippen molar-refractivity contribution < 1.29 is 70.5 Å². The molecule has 0 unspecified atom stereocenters. The van der Waals surface area contributed by atoms with Crippen molar-refractivity contribution in [2.75, 3.05) is 0 Å². The van der Waals surface area contributed by atoms with E-state index in [1.807, 2.05) is 20.8 Å². The minimum absolute atomic E-state index is 0. The Morgan fingerprint density at radius 2 is 0.969 bits per heavy atom. The standard InChI is InChI=1S/C9H16O4.2C6H10O3.Ti/c1-4-5-8(10)6-9(11)13-12-7(2)3;2*1-2-3-5(7)4-6(8)9;/h7H,4-6H2,1-3H3;2*2-4H2,1H3,(H,8,9);/q;;;+2/p-2. The van der Waals surface area contributed by atoms with Gasteiger partial charge in [0.05, 0.1) is 6.10 Å². The van der Waals surface area contributed by atoms with Crippen molar-refractivity contribution in [1.82, 2.24) is 0 Å². The van der Waals surface area contributed by atoms with Crippen LogP contribution in [0.25, 0.3) is 0 Å². The third-order valence-corrected chi connectivity index (χ3v) is 2.94. The first-order chi connectivity index (χ1) is 14.4. The molecule has 0 fully saturated rings. The Bertz CT molecular complexity index is 543. The first-order valence-electron chi connectivity index (χ1n) is 10.2. The molecule has 0 bridgehead atoms. The average Bonchev–Trinajstić information content (AvgIpc) is 2.60. The molecule has 32 heavy (non-hydrogen) atoms. The van der Waals surface area contributed by atoms with E-state index >= 15 is 0 Å². The number of carboxylic acid groups (broad SMARTS) is 2. The molecule has 0 aliphatic heterocycles. The van der Waals surface area contributed by atoms with Crippen molar-refractivity contribution in [3.8, 4) is 0 Å². The van der Waals surface area contributed by atoms with Gasteiger partial charge in [-0.05, 0) is 33.1 Å². The second-order valence-corrected chi connectivity index (χ2v) is 6.74. The van der Waals surface area contributed by atoms with E-state index in [0.717, 1.165) is 6.42 Å². The summed E-state index contributed by atoms with van der Waals surface area (Å²) in [5, 5.41) is 19.5. The minimum Gasteiger partial charge on any atom is -0.550 e. The van der Waals surface area contributed by atoms with Gasteiger partial charge in [-0.2, -0.15) is 4.89 Å². The van der Waals surface area contributed by atoms with Crippen LogP contribution in [0.3, 0.4) is 0 Å². The molecule has 0 aliphatic carbocycles. The Morgan fingerprint density at radius 1 is 0.656 bits per heavy atom. The predicted molar refractivity (Wildman–Crippen MR) is 106 cm³/mol. The van der Waals surface area contributed by atoms with Crippen molar-refractivity contribution >= 4 is 35.3 Å². The topological polar surface area (TPSA) is 167 Å². The average molecular weight is 494 g/mol. The molecule has 0 saturated heterocycles. The van der Waals surface area contributed by atoms with Gasteiger partial charge in [0.15, 0.2) is 0 Å². The van der Waals surface area contributed by atoms with Gasteiger partial charge in [-0.3, -0.25) is 19.3 Å². The SMILES string of the molecule is CCCC(=O)CC(=O)OOC(C)C.CCCC(=O)CC(=O)[O-].CCCC(=O)CC(=O)[O-].[Ti+2]. The summed E-state index contributed by atoms with van der Waals surface area (Å²) < 4.78 is 0. The molecule has 0 N–H and O–H groups in total. The maximum absolute atomic E-state index is 10.9. The maximum atomic E-state index is 10.9. The van der Waals surface area contributed by atoms with E-state index in [-0.39, 0.29) is 51.6 Å². The fourth-order valence-electron chi connectivity index (χ4n) is 1.76. The van der Waals surface area contributed by atoms with Gasteiger partial charge in [-0.25, -0.2) is 4.79 Å². The number of hydrogen-bond donors (Lipinski definition) is 0. The normalized spacial score (nSPS) is 9.19. The number of aliphatic carboxylic acids is 2. The summed E-state index contributed by atoms with van der Waals surface area (Å²) in [6, 6.07) is 0. The van der Waals surface area contributed by atoms with Crippen molar-refractivity contribution in [2.45, 2.75) is 98.5 Å². The van der Waals surface area contributed by atoms with E-state index < -0.39 is 30.7 Å². The van der Waals surface area contributed by atoms with Crippen LogP contribution >= 0.6 is 0 Å². The van der Waals surface area contributed by atoms with Gasteiger partial charge in [0.1, 0.15) is 23.8 Å². The molecule has 0 spiro atoms. The quantitative estimate of drug-likeness (QED) is 0.144. The molecule has 0 heterocycles. The van der Waals surface area contributed by atoms with Crippen LogP contribution in [0.15, 0.2) is 0 Å². The molecule has 0 aromatic carbocycles. The number of carboxylic acids is 2. The fraction of sp³-hybridized carbons (Fsp3) is 0.714. The van der Waals surface area contributed by atoms with Gasteiger partial charge in [0, 0.05) is 44.0 Å². The predicted octanol–water partition coefficient (Wildman–Crippen LogP) is 0.618. The number of hydrogen-bond acceptors (Lipinski definition) is 10. The third kappa shape index (κ3) is 35.5. The van der Waals surface area contributed by atoms with Crippen molar-refractivity contribution in [1.29, 1.82) is 0 Å². The van der Waals surface area contributed by atoms with E-state index in [1.54, 1.807) is 13.8 Å². The van der Waals surface area contributed by atoms with Gasteiger partial charge in [0.2, 0.25) is 0 Å². The molecule has 0 saturated carbocycles. The van der Waals surface area contributed by atoms with Crippen LogP contribution in [0.1, 0.15) is 92.4 Å². The van der Waals surface area contributed by atoms with Crippen LogP contribution in [0, 0.1) is 0 Å². The molecule has 0 atom stereocenters. The molecule has 0 aliphatic rings. The van der Waals surface area contributed by atoms with Crippen LogP contribution < -0.4 is 10.2 Å². The second-order valence-electron chi connectivity index (χ2n) is 6.74. The maximum Gasteiger partial charge on any atom is 2.00 e. The molecule has 0 radical (unpaired) electrons. The summed E-state index contributed by atoms with van der Waals surface area (Å²) in [5.41, 5.74) is 0. The van der Waals surface area contributed by atoms with Gasteiger partial charge in [-0.15, -0.1) is 0 Å². The molecule has 0 aromatic heterocycles. The van der Waals surface area contributed by atoms with E-state index in [1.165, 1.54) is 0 Å². The summed E-state index contributed by atoms with van der Waals surface area (Å²) >= 11 is 0. The number of carbonyl (C=O) groups is 6. The Morgan fingerprint density at radius 3 is 1.22 bits per heavy atom. The zero-order valence-electron chi connectivity index (χ0n) is 19.5. The monoisotopic (exact) mass is 494 g/mol. The second kappa shape index (κ2) is 25.4. The van der Waals surface area contributed by atoms with Crippen LogP contribution in [0.5, 0.6) is 0 Å². The smallest absolute Gasteiger partial charge is 0.550 e. The Hall–Kier alpha value is -1.91. The fourth-order valence-corrected chi connectivity index (χ4v) is 1.76. The summed E-state index contributed by atoms with van der Waals surface area (Å²) in [5.74, 6) is -3.80. The van der Waals surface area contributed by atoms with Crippen LogP contribution in [-0.4, -0.2) is 41.4 Å². The summed E-state index contributed by atoms with van der Waals surface area (Å²) in [6.07, 6.45) is 2.00. The Labute approximate surface area is 204 Å². The minimum atomic E-state index is -1.28. The van der Waals surface area contributed by atoms with Crippen LogP contribution in [0.2, 0.25) is 0 Å². The van der Waals surface area contributed by atoms with Gasteiger partial charge < -0.3 is 19.8 Å². The summed E-state index contributed by atoms with van der Waals surface area (Å²) in [4.78, 5) is 71.1. The van der Waals surface area contributed by atoms with E-state index in [9.17, 15) is 39.0 Å². The number of Topliss-reactive ketones (excluding diaryl/α,β-unsaturated/α-hetero) is 3. The van der Waals surface area contributed by atoms with Gasteiger partial charge in [-0.1, -0.05) is 20.8 Å². The molecule has 0 aromatic rings. The molecule has 0 rings (SSSR count). The Balaban J connectivity index is -0.000000186. The largest absolute Gasteiger partial charge is 2.00 e. The number of ketones is 3. The third-order valence-electron chi connectivity index (χ3n) is 2.94. The zero-order chi connectivity index (χ0) is 24.8. The molecule has 0 amide bonds. The van der Waals surface area contributed by atoms with Gasteiger partial charge in [0.25, 0.3) is 0 Å². The van der Waals surface area contributed by atoms with E-state index in [0.29, 0.717) is 32.1 Å². The first-order valence-corrected chi connectivity index (χ1v) is 10.2. The van der Waals surface area contributed by atoms with Crippen LogP contribution in [0.4, 0.5) is 0 Å². The molecular formula is C21H34O10Ti. The van der Waals surface area contributed by atoms with Crippen molar-refractivity contribution in [3.63, 3.8) is 0 Å². The van der Waals surface area contributed by atoms with E-state index in [4.69, 9.17) is 0 Å². The zero-order valence-corrected chi connectivity index (χ0v) is 21.1. The number of carbonyl (C=O) groups excluding carboxylic acids is 6. The van der Waals surface area contributed by atoms with E-state index in [2.05, 4.69) is 9.78 Å².